The minimum Gasteiger partial charge on any atom is -0.366 e. The van der Waals surface area contributed by atoms with E-state index in [1.165, 1.54) is 6.42 Å². The molecule has 1 saturated carbocycles. The highest BCUT2D eigenvalue weighted by Crippen LogP contribution is 2.46. The molecule has 2 aliphatic heterocycles. The molecule has 0 radical (unpaired) electrons. The second kappa shape index (κ2) is 8.28. The Kier molecular flexibility index (Phi) is 6.18. The maximum absolute atomic E-state index is 15.8. The van der Waals surface area contributed by atoms with Crippen molar-refractivity contribution >= 4 is 16.9 Å². The van der Waals surface area contributed by atoms with Gasteiger partial charge in [0, 0.05) is 43.0 Å². The Bertz CT molecular complexity index is 769. The lowest BCUT2D eigenvalue weighted by atomic mass is 9.92. The molecule has 3 aliphatic rings. The summed E-state index contributed by atoms with van der Waals surface area (Å²) >= 11 is 0. The van der Waals surface area contributed by atoms with E-state index >= 15 is 4.39 Å². The van der Waals surface area contributed by atoms with Crippen molar-refractivity contribution in [2.45, 2.75) is 78.9 Å². The first kappa shape index (κ1) is 20.9. The largest absolute Gasteiger partial charge is 0.366 e. The van der Waals surface area contributed by atoms with Crippen LogP contribution in [0.1, 0.15) is 65.0 Å². The van der Waals surface area contributed by atoms with Crippen LogP contribution in [0.5, 0.6) is 0 Å². The SMILES string of the molecule is C=C1C(C)=CN(C2CC2)c2c1cc(C)c(N1CC(C)NC(C)C1)c2F.CCC. The van der Waals surface area contributed by atoms with E-state index in [9.17, 15) is 0 Å². The molecule has 0 bridgehead atoms. The van der Waals surface area contributed by atoms with Crippen LogP contribution < -0.4 is 15.1 Å². The van der Waals surface area contributed by atoms with E-state index in [0.29, 0.717) is 18.1 Å². The number of benzene rings is 1. The minimum atomic E-state index is -0.0758. The number of nitrogens with zero attached hydrogens (tertiary/aromatic N) is 2. The topological polar surface area (TPSA) is 18.5 Å². The van der Waals surface area contributed by atoms with Gasteiger partial charge in [0.25, 0.3) is 0 Å². The summed E-state index contributed by atoms with van der Waals surface area (Å²) in [5.74, 6) is -0.0758. The fourth-order valence-corrected chi connectivity index (χ4v) is 4.34. The van der Waals surface area contributed by atoms with E-state index in [-0.39, 0.29) is 5.82 Å². The highest BCUT2D eigenvalue weighted by molar-refractivity contribution is 5.91. The summed E-state index contributed by atoms with van der Waals surface area (Å²) in [7, 11) is 0. The van der Waals surface area contributed by atoms with Crippen LogP contribution in [0.2, 0.25) is 0 Å². The first-order chi connectivity index (χ1) is 13.3. The van der Waals surface area contributed by atoms with E-state index in [4.69, 9.17) is 0 Å². The summed E-state index contributed by atoms with van der Waals surface area (Å²) in [6, 6.07) is 3.29. The van der Waals surface area contributed by atoms with Crippen LogP contribution >= 0.6 is 0 Å². The number of hydrogen-bond acceptors (Lipinski definition) is 3. The first-order valence-corrected chi connectivity index (χ1v) is 10.8. The molecule has 4 rings (SSSR count). The highest BCUT2D eigenvalue weighted by Gasteiger charge is 2.36. The van der Waals surface area contributed by atoms with E-state index in [2.05, 4.69) is 68.6 Å². The Morgan fingerprint density at radius 2 is 1.68 bits per heavy atom. The molecule has 2 fully saturated rings. The zero-order valence-corrected chi connectivity index (χ0v) is 18.4. The molecule has 1 aromatic rings. The molecular formula is C24H36FN3. The zero-order chi connectivity index (χ0) is 20.6. The molecule has 4 heteroatoms. The summed E-state index contributed by atoms with van der Waals surface area (Å²) in [5.41, 5.74) is 5.55. The number of nitrogens with one attached hydrogen (secondary N) is 1. The monoisotopic (exact) mass is 385 g/mol. The third-order valence-corrected chi connectivity index (χ3v) is 5.61. The van der Waals surface area contributed by atoms with Crippen LogP contribution in [-0.2, 0) is 0 Å². The maximum Gasteiger partial charge on any atom is 0.170 e. The van der Waals surface area contributed by atoms with Crippen molar-refractivity contribution in [3.63, 3.8) is 0 Å². The molecule has 0 amide bonds. The molecule has 2 unspecified atom stereocenters. The Hall–Kier alpha value is -1.81. The van der Waals surface area contributed by atoms with Crippen molar-refractivity contribution in [3.8, 4) is 0 Å². The Morgan fingerprint density at radius 3 is 2.21 bits per heavy atom. The predicted octanol–water partition coefficient (Wildman–Crippen LogP) is 5.64. The lowest BCUT2D eigenvalue weighted by molar-refractivity contribution is 0.403. The number of fused-ring (bicyclic) bond motifs is 1. The van der Waals surface area contributed by atoms with Gasteiger partial charge in [0.15, 0.2) is 5.82 Å². The van der Waals surface area contributed by atoms with Gasteiger partial charge in [-0.25, -0.2) is 4.39 Å². The number of piperazine rings is 1. The van der Waals surface area contributed by atoms with E-state index < -0.39 is 0 Å². The van der Waals surface area contributed by atoms with Gasteiger partial charge in [0.1, 0.15) is 0 Å². The number of aryl methyl sites for hydroxylation is 1. The second-order valence-corrected chi connectivity index (χ2v) is 8.76. The number of anilines is 2. The average molecular weight is 386 g/mol. The molecule has 2 atom stereocenters. The van der Waals surface area contributed by atoms with Crippen molar-refractivity contribution in [1.82, 2.24) is 5.32 Å². The van der Waals surface area contributed by atoms with Gasteiger partial charge in [-0.2, -0.15) is 0 Å². The fraction of sp³-hybridized carbons (Fsp3) is 0.583. The van der Waals surface area contributed by atoms with Crippen molar-refractivity contribution in [3.05, 3.63) is 41.4 Å². The predicted molar refractivity (Wildman–Crippen MR) is 120 cm³/mol. The Morgan fingerprint density at radius 1 is 1.11 bits per heavy atom. The van der Waals surface area contributed by atoms with Crippen molar-refractivity contribution < 1.29 is 4.39 Å². The zero-order valence-electron chi connectivity index (χ0n) is 18.4. The van der Waals surface area contributed by atoms with E-state index in [1.54, 1.807) is 0 Å². The standard InChI is InChI=1S/C21H28FN3.C3H8/c1-12-8-18-16(5)13(2)9-25(17-6-7-17)21(18)19(22)20(12)24-10-14(3)23-15(4)11-24;1-3-2/h8-9,14-15,17,23H,5-7,10-11H2,1-4H3;3H2,1-2H3. The van der Waals surface area contributed by atoms with Crippen molar-refractivity contribution in [2.24, 2.45) is 0 Å². The number of hydrogen-bond donors (Lipinski definition) is 1. The van der Waals surface area contributed by atoms with Crippen LogP contribution in [0.25, 0.3) is 5.57 Å². The van der Waals surface area contributed by atoms with Gasteiger partial charge in [0.2, 0.25) is 0 Å². The molecule has 154 valence electrons. The molecule has 0 aromatic heterocycles. The van der Waals surface area contributed by atoms with Crippen LogP contribution in [0, 0.1) is 12.7 Å². The van der Waals surface area contributed by atoms with Gasteiger partial charge in [0.05, 0.1) is 11.4 Å². The van der Waals surface area contributed by atoms with Crippen molar-refractivity contribution in [1.29, 1.82) is 0 Å². The molecule has 1 aliphatic carbocycles. The van der Waals surface area contributed by atoms with Crippen LogP contribution in [0.15, 0.2) is 24.4 Å². The molecule has 2 heterocycles. The van der Waals surface area contributed by atoms with Crippen molar-refractivity contribution in [2.75, 3.05) is 22.9 Å². The molecule has 3 nitrogen and oxygen atoms in total. The summed E-state index contributed by atoms with van der Waals surface area (Å²) in [5, 5.41) is 3.53. The number of allylic oxidation sites excluding steroid dienone is 2. The second-order valence-electron chi connectivity index (χ2n) is 8.76. The van der Waals surface area contributed by atoms with Gasteiger partial charge in [-0.15, -0.1) is 0 Å². The lowest BCUT2D eigenvalue weighted by Crippen LogP contribution is -2.54. The van der Waals surface area contributed by atoms with Crippen LogP contribution in [-0.4, -0.2) is 31.2 Å². The third-order valence-electron chi connectivity index (χ3n) is 5.61. The summed E-state index contributed by atoms with van der Waals surface area (Å²) < 4.78 is 15.8. The van der Waals surface area contributed by atoms with E-state index in [0.717, 1.165) is 59.6 Å². The normalized spacial score (nSPS) is 24.4. The maximum atomic E-state index is 15.8. The van der Waals surface area contributed by atoms with Gasteiger partial charge in [-0.1, -0.05) is 26.8 Å². The molecule has 28 heavy (non-hydrogen) atoms. The fourth-order valence-electron chi connectivity index (χ4n) is 4.34. The third kappa shape index (κ3) is 3.98. The molecule has 0 spiro atoms. The smallest absolute Gasteiger partial charge is 0.170 e. The summed E-state index contributed by atoms with van der Waals surface area (Å²) in [6.07, 6.45) is 5.62. The summed E-state index contributed by atoms with van der Waals surface area (Å²) in [4.78, 5) is 4.38. The Labute approximate surface area is 170 Å². The number of halogens is 1. The van der Waals surface area contributed by atoms with Gasteiger partial charge in [-0.05, 0) is 63.3 Å². The molecular weight excluding hydrogens is 349 g/mol. The highest BCUT2D eigenvalue weighted by atomic mass is 19.1. The van der Waals surface area contributed by atoms with Gasteiger partial charge >= 0.3 is 0 Å². The van der Waals surface area contributed by atoms with E-state index in [1.807, 2.05) is 6.92 Å². The number of rotatable bonds is 2. The molecule has 1 aromatic carbocycles. The summed E-state index contributed by atoms with van der Waals surface area (Å²) in [6.45, 7) is 18.6. The molecule has 1 N–H and O–H groups in total. The van der Waals surface area contributed by atoms with Gasteiger partial charge < -0.3 is 15.1 Å². The lowest BCUT2D eigenvalue weighted by Gasteiger charge is -2.40. The quantitative estimate of drug-likeness (QED) is 0.711. The first-order valence-electron chi connectivity index (χ1n) is 10.8. The van der Waals surface area contributed by atoms with Crippen LogP contribution in [0.3, 0.4) is 0 Å². The van der Waals surface area contributed by atoms with Crippen LogP contribution in [0.4, 0.5) is 15.8 Å². The molecule has 1 saturated heterocycles. The average Bonchev–Trinajstić information content (AvgIpc) is 3.43. The Balaban J connectivity index is 0.000000706. The minimum absolute atomic E-state index is 0.0758. The van der Waals surface area contributed by atoms with Gasteiger partial charge in [-0.3, -0.25) is 0 Å².